The Hall–Kier alpha value is -0.640. The summed E-state index contributed by atoms with van der Waals surface area (Å²) in [5, 5.41) is 2.61. The zero-order chi connectivity index (χ0) is 11.5. The smallest absolute Gasteiger partial charge is 0.168 e. The molecule has 1 heterocycles. The largest absolute Gasteiger partial charge is 0.294 e. The molecule has 2 rings (SSSR count). The number of carbonyl (C=O) groups is 1. The van der Waals surface area contributed by atoms with Gasteiger partial charge >= 0.3 is 0 Å². The second-order valence-corrected chi connectivity index (χ2v) is 5.59. The molecule has 4 heteroatoms. The predicted molar refractivity (Wildman–Crippen MR) is 71.5 cm³/mol. The summed E-state index contributed by atoms with van der Waals surface area (Å²) in [5.74, 6) is 0.111. The van der Waals surface area contributed by atoms with Crippen molar-refractivity contribution in [2.75, 3.05) is 0 Å². The lowest BCUT2D eigenvalue weighted by Gasteiger charge is -2.00. The first-order valence-corrected chi connectivity index (χ1v) is 6.72. The average Bonchev–Trinajstić information content (AvgIpc) is 2.65. The molecule has 0 radical (unpaired) electrons. The van der Waals surface area contributed by atoms with Crippen molar-refractivity contribution in [3.05, 3.63) is 55.6 Å². The number of hydrogen-bond acceptors (Lipinski definition) is 2. The maximum Gasteiger partial charge on any atom is 0.168 e. The van der Waals surface area contributed by atoms with Gasteiger partial charge < -0.3 is 0 Å². The van der Waals surface area contributed by atoms with Gasteiger partial charge in [-0.3, -0.25) is 4.79 Å². The second kappa shape index (κ2) is 5.13. The molecule has 0 amide bonds. The van der Waals surface area contributed by atoms with Crippen LogP contribution in [-0.4, -0.2) is 5.78 Å². The summed E-state index contributed by atoms with van der Waals surface area (Å²) in [6, 6.07) is 8.93. The Morgan fingerprint density at radius 1 is 1.25 bits per heavy atom. The Kier molecular flexibility index (Phi) is 3.79. The van der Waals surface area contributed by atoms with Gasteiger partial charge in [0.1, 0.15) is 0 Å². The fourth-order valence-electron chi connectivity index (χ4n) is 1.33. The molecule has 0 saturated carbocycles. The summed E-state index contributed by atoms with van der Waals surface area (Å²) in [6.07, 6.45) is 0.430. The third-order valence-electron chi connectivity index (χ3n) is 2.18. The van der Waals surface area contributed by atoms with Gasteiger partial charge in [-0.05, 0) is 51.6 Å². The number of ketones is 1. The minimum Gasteiger partial charge on any atom is -0.294 e. The first kappa shape index (κ1) is 11.8. The van der Waals surface area contributed by atoms with Crippen molar-refractivity contribution in [3.8, 4) is 0 Å². The lowest BCUT2D eigenvalue weighted by molar-refractivity contribution is 0.0993. The quantitative estimate of drug-likeness (QED) is 0.757. The van der Waals surface area contributed by atoms with Crippen molar-refractivity contribution >= 4 is 44.7 Å². The van der Waals surface area contributed by atoms with Crippen LogP contribution in [-0.2, 0) is 6.42 Å². The maximum absolute atomic E-state index is 11.9. The van der Waals surface area contributed by atoms with Gasteiger partial charge in [0, 0.05) is 26.4 Å². The Bertz CT molecular complexity index is 504. The Balaban J connectivity index is 2.15. The van der Waals surface area contributed by atoms with E-state index in [1.54, 1.807) is 35.6 Å². The third-order valence-corrected chi connectivity index (χ3v) is 4.36. The minimum absolute atomic E-state index is 0.111. The summed E-state index contributed by atoms with van der Waals surface area (Å²) < 4.78 is 1.000. The van der Waals surface area contributed by atoms with Crippen LogP contribution in [0, 0.1) is 0 Å². The van der Waals surface area contributed by atoms with Gasteiger partial charge in [0.15, 0.2) is 5.78 Å². The van der Waals surface area contributed by atoms with Crippen LogP contribution in [0.2, 0.25) is 5.02 Å². The number of thiophene rings is 1. The third kappa shape index (κ3) is 2.73. The molecule has 0 N–H and O–H groups in total. The molecule has 0 unspecified atom stereocenters. The fourth-order valence-corrected chi connectivity index (χ4v) is 2.95. The Labute approximate surface area is 111 Å². The van der Waals surface area contributed by atoms with Crippen molar-refractivity contribution < 1.29 is 4.79 Å². The molecular formula is C12H8BrClOS. The second-order valence-electron chi connectivity index (χ2n) is 3.30. The highest BCUT2D eigenvalue weighted by Gasteiger charge is 2.10. The minimum atomic E-state index is 0.111. The van der Waals surface area contributed by atoms with Crippen LogP contribution in [0.5, 0.6) is 0 Å². The summed E-state index contributed by atoms with van der Waals surface area (Å²) in [7, 11) is 0. The summed E-state index contributed by atoms with van der Waals surface area (Å²) in [6.45, 7) is 0. The van der Waals surface area contributed by atoms with Gasteiger partial charge in [0.05, 0.1) is 0 Å². The average molecular weight is 316 g/mol. The van der Waals surface area contributed by atoms with Crippen molar-refractivity contribution in [1.82, 2.24) is 0 Å². The molecule has 0 aliphatic rings. The van der Waals surface area contributed by atoms with Crippen molar-refractivity contribution in [2.24, 2.45) is 0 Å². The van der Waals surface area contributed by atoms with Gasteiger partial charge in [-0.2, -0.15) is 0 Å². The van der Waals surface area contributed by atoms with Crippen LogP contribution >= 0.6 is 38.9 Å². The zero-order valence-corrected chi connectivity index (χ0v) is 11.4. The maximum atomic E-state index is 11.9. The number of carbonyl (C=O) groups excluding carboxylic acids is 1. The van der Waals surface area contributed by atoms with E-state index < -0.39 is 0 Å². The first-order valence-electron chi connectivity index (χ1n) is 4.67. The molecule has 0 aliphatic heterocycles. The molecular weight excluding hydrogens is 308 g/mol. The predicted octanol–water partition coefficient (Wildman–Crippen LogP) is 4.59. The fraction of sp³-hybridized carbons (Fsp3) is 0.0833. The summed E-state index contributed by atoms with van der Waals surface area (Å²) >= 11 is 10.8. The number of benzene rings is 1. The molecule has 0 spiro atoms. The molecule has 0 bridgehead atoms. The number of Topliss-reactive ketones (excluding diaryl/α,β-unsaturated/α-hetero) is 1. The molecule has 1 aromatic heterocycles. The highest BCUT2D eigenvalue weighted by molar-refractivity contribution is 9.10. The topological polar surface area (TPSA) is 17.1 Å². The molecule has 0 saturated heterocycles. The van der Waals surface area contributed by atoms with Crippen molar-refractivity contribution in [3.63, 3.8) is 0 Å². The summed E-state index contributed by atoms with van der Waals surface area (Å²) in [5.41, 5.74) is 0.699. The van der Waals surface area contributed by atoms with Gasteiger partial charge in [-0.25, -0.2) is 0 Å². The number of halogens is 2. The Morgan fingerprint density at radius 3 is 2.50 bits per heavy atom. The molecule has 82 valence electrons. The van der Waals surface area contributed by atoms with E-state index in [1.807, 2.05) is 11.4 Å². The molecule has 0 aliphatic carbocycles. The standard InChI is InChI=1S/C12H8BrClOS/c13-10-5-6-16-12(10)7-11(15)8-1-3-9(14)4-2-8/h1-6H,7H2. The SMILES string of the molecule is O=C(Cc1sccc1Br)c1ccc(Cl)cc1. The molecule has 0 fully saturated rings. The molecule has 2 aromatic rings. The van der Waals surface area contributed by atoms with Gasteiger partial charge in [-0.1, -0.05) is 11.6 Å². The molecule has 16 heavy (non-hydrogen) atoms. The van der Waals surface area contributed by atoms with E-state index in [0.29, 0.717) is 17.0 Å². The van der Waals surface area contributed by atoms with Crippen molar-refractivity contribution in [1.29, 1.82) is 0 Å². The first-order chi connectivity index (χ1) is 7.66. The van der Waals surface area contributed by atoms with Gasteiger partial charge in [-0.15, -0.1) is 11.3 Å². The van der Waals surface area contributed by atoms with E-state index >= 15 is 0 Å². The van der Waals surface area contributed by atoms with Gasteiger partial charge in [0.25, 0.3) is 0 Å². The summed E-state index contributed by atoms with van der Waals surface area (Å²) in [4.78, 5) is 13.0. The van der Waals surface area contributed by atoms with Crippen molar-refractivity contribution in [2.45, 2.75) is 6.42 Å². The number of rotatable bonds is 3. The number of hydrogen-bond donors (Lipinski definition) is 0. The normalized spacial score (nSPS) is 10.4. The van der Waals surface area contributed by atoms with Crippen LogP contribution in [0.25, 0.3) is 0 Å². The Morgan fingerprint density at radius 2 is 1.94 bits per heavy atom. The van der Waals surface area contributed by atoms with Crippen LogP contribution in [0.4, 0.5) is 0 Å². The monoisotopic (exact) mass is 314 g/mol. The van der Waals surface area contributed by atoms with Crippen LogP contribution in [0.15, 0.2) is 40.2 Å². The lowest BCUT2D eigenvalue weighted by atomic mass is 10.1. The van der Waals surface area contributed by atoms with Gasteiger partial charge in [0.2, 0.25) is 0 Å². The van der Waals surface area contributed by atoms with E-state index in [1.165, 1.54) is 0 Å². The van der Waals surface area contributed by atoms with Crippen LogP contribution in [0.1, 0.15) is 15.2 Å². The van der Waals surface area contributed by atoms with E-state index in [9.17, 15) is 4.79 Å². The van der Waals surface area contributed by atoms with E-state index in [-0.39, 0.29) is 5.78 Å². The highest BCUT2D eigenvalue weighted by Crippen LogP contribution is 2.24. The van der Waals surface area contributed by atoms with Crippen LogP contribution < -0.4 is 0 Å². The molecule has 0 atom stereocenters. The van der Waals surface area contributed by atoms with E-state index in [4.69, 9.17) is 11.6 Å². The lowest BCUT2D eigenvalue weighted by Crippen LogP contribution is -2.02. The zero-order valence-electron chi connectivity index (χ0n) is 8.24. The van der Waals surface area contributed by atoms with E-state index in [2.05, 4.69) is 15.9 Å². The highest BCUT2D eigenvalue weighted by atomic mass is 79.9. The molecule has 1 aromatic carbocycles. The van der Waals surface area contributed by atoms with E-state index in [0.717, 1.165) is 9.35 Å². The van der Waals surface area contributed by atoms with Crippen LogP contribution in [0.3, 0.4) is 0 Å². The molecule has 1 nitrogen and oxygen atoms in total.